The first kappa shape index (κ1) is 23.4. The van der Waals surface area contributed by atoms with E-state index >= 15 is 0 Å². The molecule has 1 heterocycles. The van der Waals surface area contributed by atoms with E-state index in [9.17, 15) is 10.1 Å². The summed E-state index contributed by atoms with van der Waals surface area (Å²) >= 11 is 0. The van der Waals surface area contributed by atoms with Crippen LogP contribution in [0.1, 0.15) is 103 Å². The molecular weight excluding hydrogens is 360 g/mol. The van der Waals surface area contributed by atoms with Crippen LogP contribution in [-0.4, -0.2) is 11.5 Å². The molecule has 0 fully saturated rings. The summed E-state index contributed by atoms with van der Waals surface area (Å²) in [5.74, 6) is 0. The fourth-order valence-electron chi connectivity index (χ4n) is 4.38. The van der Waals surface area contributed by atoms with Crippen molar-refractivity contribution in [1.29, 1.82) is 0 Å². The molecule has 0 aromatic heterocycles. The minimum absolute atomic E-state index is 0.164. The van der Waals surface area contributed by atoms with Crippen molar-refractivity contribution < 1.29 is 4.92 Å². The molecule has 0 unspecified atom stereocenters. The van der Waals surface area contributed by atoms with Gasteiger partial charge >= 0.3 is 0 Å². The minimum atomic E-state index is -0.313. The Kier molecular flexibility index (Phi) is 9.19. The average molecular weight is 401 g/mol. The minimum Gasteiger partial charge on any atom is -0.345 e. The van der Waals surface area contributed by atoms with Gasteiger partial charge < -0.3 is 4.90 Å². The maximum absolute atomic E-state index is 11.1. The molecule has 1 aromatic carbocycles. The monoisotopic (exact) mass is 400 g/mol. The van der Waals surface area contributed by atoms with E-state index in [-0.39, 0.29) is 16.0 Å². The first-order valence-electron chi connectivity index (χ1n) is 11.7. The zero-order valence-corrected chi connectivity index (χ0v) is 18.8. The number of nitro groups is 1. The number of anilines is 1. The summed E-state index contributed by atoms with van der Waals surface area (Å²) in [6.07, 6.45) is 16.1. The predicted molar refractivity (Wildman–Crippen MR) is 124 cm³/mol. The van der Waals surface area contributed by atoms with E-state index in [1.807, 2.05) is 6.07 Å². The summed E-state index contributed by atoms with van der Waals surface area (Å²) in [7, 11) is 0. The van der Waals surface area contributed by atoms with Crippen molar-refractivity contribution in [3.05, 3.63) is 46.2 Å². The van der Waals surface area contributed by atoms with Gasteiger partial charge in [-0.2, -0.15) is 0 Å². The van der Waals surface area contributed by atoms with Crippen LogP contribution < -0.4 is 4.90 Å². The molecule has 0 radical (unpaired) electrons. The van der Waals surface area contributed by atoms with Crippen molar-refractivity contribution in [3.8, 4) is 0 Å². The Morgan fingerprint density at radius 2 is 1.45 bits per heavy atom. The molecule has 1 aliphatic heterocycles. The number of rotatable bonds is 14. The van der Waals surface area contributed by atoms with Gasteiger partial charge in [0.25, 0.3) is 5.69 Å². The first-order valence-corrected chi connectivity index (χ1v) is 11.7. The van der Waals surface area contributed by atoms with Crippen molar-refractivity contribution >= 4 is 11.4 Å². The van der Waals surface area contributed by atoms with Crippen molar-refractivity contribution in [1.82, 2.24) is 0 Å². The van der Waals surface area contributed by atoms with E-state index in [2.05, 4.69) is 32.3 Å². The van der Waals surface area contributed by atoms with E-state index in [0.717, 1.165) is 29.9 Å². The summed E-state index contributed by atoms with van der Waals surface area (Å²) in [6.45, 7) is 11.7. The van der Waals surface area contributed by atoms with Crippen LogP contribution in [0.5, 0.6) is 0 Å². The van der Waals surface area contributed by atoms with E-state index < -0.39 is 0 Å². The number of benzene rings is 1. The molecule has 0 bridgehead atoms. The molecule has 0 N–H and O–H groups in total. The standard InChI is InChI=1S/C25H40N2O2/c1-5-6-7-8-9-10-11-12-13-14-15-16-19-26-21(2)25(3,4)23-20-22(27(28)29)17-18-24(23)26/h17-18,20H,2,5-16,19H2,1,3-4H3. The summed E-state index contributed by atoms with van der Waals surface area (Å²) in [5, 5.41) is 11.1. The topological polar surface area (TPSA) is 46.4 Å². The number of nitrogens with zero attached hydrogens (tertiary/aromatic N) is 2. The molecule has 29 heavy (non-hydrogen) atoms. The van der Waals surface area contributed by atoms with Gasteiger partial charge in [-0.1, -0.05) is 98.0 Å². The number of hydrogen-bond acceptors (Lipinski definition) is 3. The summed E-state index contributed by atoms with van der Waals surface area (Å²) in [4.78, 5) is 13.1. The lowest BCUT2D eigenvalue weighted by molar-refractivity contribution is -0.384. The van der Waals surface area contributed by atoms with Crippen molar-refractivity contribution in [3.63, 3.8) is 0 Å². The van der Waals surface area contributed by atoms with Crippen LogP contribution in [0, 0.1) is 10.1 Å². The highest BCUT2D eigenvalue weighted by Crippen LogP contribution is 2.48. The predicted octanol–water partition coefficient (Wildman–Crippen LogP) is 7.91. The number of fused-ring (bicyclic) bond motifs is 1. The van der Waals surface area contributed by atoms with E-state index in [4.69, 9.17) is 0 Å². The molecule has 0 atom stereocenters. The molecule has 2 rings (SSSR count). The van der Waals surface area contributed by atoms with E-state index in [1.54, 1.807) is 12.1 Å². The summed E-state index contributed by atoms with van der Waals surface area (Å²) in [6, 6.07) is 5.24. The number of hydrogen-bond donors (Lipinski definition) is 0. The zero-order chi connectivity index (χ0) is 21.3. The maximum Gasteiger partial charge on any atom is 0.269 e. The Labute approximate surface area is 177 Å². The third-order valence-electron chi connectivity index (χ3n) is 6.44. The zero-order valence-electron chi connectivity index (χ0n) is 18.8. The lowest BCUT2D eigenvalue weighted by Crippen LogP contribution is -2.26. The molecule has 0 saturated carbocycles. The molecule has 0 amide bonds. The second-order valence-electron chi connectivity index (χ2n) is 9.07. The number of allylic oxidation sites excluding steroid dienone is 1. The highest BCUT2D eigenvalue weighted by molar-refractivity contribution is 5.71. The molecule has 1 aliphatic rings. The largest absolute Gasteiger partial charge is 0.345 e. The summed E-state index contributed by atoms with van der Waals surface area (Å²) < 4.78 is 0. The third-order valence-corrected chi connectivity index (χ3v) is 6.44. The Balaban J connectivity index is 1.69. The molecule has 0 spiro atoms. The van der Waals surface area contributed by atoms with Gasteiger partial charge in [-0.3, -0.25) is 10.1 Å². The maximum atomic E-state index is 11.1. The van der Waals surface area contributed by atoms with Crippen LogP contribution in [0.25, 0.3) is 0 Å². The van der Waals surface area contributed by atoms with Crippen LogP contribution >= 0.6 is 0 Å². The number of unbranched alkanes of at least 4 members (excludes halogenated alkanes) is 11. The normalized spacial score (nSPS) is 15.0. The van der Waals surface area contributed by atoms with Crippen molar-refractivity contribution in [2.75, 3.05) is 11.4 Å². The van der Waals surface area contributed by atoms with Gasteiger partial charge in [0.1, 0.15) is 0 Å². The van der Waals surface area contributed by atoms with Crippen molar-refractivity contribution in [2.45, 2.75) is 103 Å². The number of non-ortho nitro benzene ring substituents is 1. The molecular formula is C25H40N2O2. The highest BCUT2D eigenvalue weighted by atomic mass is 16.6. The van der Waals surface area contributed by atoms with Gasteiger partial charge in [0.2, 0.25) is 0 Å². The fourth-order valence-corrected chi connectivity index (χ4v) is 4.38. The molecule has 0 aliphatic carbocycles. The molecule has 4 nitrogen and oxygen atoms in total. The quantitative estimate of drug-likeness (QED) is 0.181. The van der Waals surface area contributed by atoms with E-state index in [0.29, 0.717) is 0 Å². The Morgan fingerprint density at radius 3 is 1.97 bits per heavy atom. The Hall–Kier alpha value is -1.84. The van der Waals surface area contributed by atoms with Crippen LogP contribution in [0.3, 0.4) is 0 Å². The second-order valence-corrected chi connectivity index (χ2v) is 9.07. The number of nitro benzene ring substituents is 1. The lowest BCUT2D eigenvalue weighted by atomic mass is 9.84. The van der Waals surface area contributed by atoms with Crippen LogP contribution in [0.4, 0.5) is 11.4 Å². The van der Waals surface area contributed by atoms with Gasteiger partial charge in [-0.25, -0.2) is 0 Å². The van der Waals surface area contributed by atoms with Crippen LogP contribution in [0.2, 0.25) is 0 Å². The molecule has 162 valence electrons. The van der Waals surface area contributed by atoms with Crippen LogP contribution in [0.15, 0.2) is 30.5 Å². The van der Waals surface area contributed by atoms with Gasteiger partial charge in [0.15, 0.2) is 0 Å². The van der Waals surface area contributed by atoms with E-state index in [1.165, 1.54) is 70.6 Å². The van der Waals surface area contributed by atoms with Gasteiger partial charge in [-0.15, -0.1) is 0 Å². The lowest BCUT2D eigenvalue weighted by Gasteiger charge is -2.25. The Bertz CT molecular complexity index is 681. The van der Waals surface area contributed by atoms with Gasteiger partial charge in [0.05, 0.1) is 4.92 Å². The molecule has 0 saturated heterocycles. The average Bonchev–Trinajstić information content (AvgIpc) is 2.88. The summed E-state index contributed by atoms with van der Waals surface area (Å²) in [5.41, 5.74) is 3.08. The molecule has 4 heteroatoms. The third kappa shape index (κ3) is 6.32. The SMILES string of the molecule is C=C1N(CCCCCCCCCCCCCC)c2ccc([N+](=O)[O-])cc2C1(C)C. The van der Waals surface area contributed by atoms with Gasteiger partial charge in [0, 0.05) is 35.5 Å². The molecule has 1 aromatic rings. The first-order chi connectivity index (χ1) is 13.9. The fraction of sp³-hybridized carbons (Fsp3) is 0.680. The Morgan fingerprint density at radius 1 is 0.931 bits per heavy atom. The van der Waals surface area contributed by atoms with Crippen LogP contribution in [-0.2, 0) is 5.41 Å². The second kappa shape index (κ2) is 11.4. The smallest absolute Gasteiger partial charge is 0.269 e. The highest BCUT2D eigenvalue weighted by Gasteiger charge is 2.39. The van der Waals surface area contributed by atoms with Gasteiger partial charge in [-0.05, 0) is 18.1 Å². The van der Waals surface area contributed by atoms with Crippen molar-refractivity contribution in [2.24, 2.45) is 0 Å².